The maximum atomic E-state index is 10.4. The summed E-state index contributed by atoms with van der Waals surface area (Å²) in [5.41, 5.74) is 11.7. The first-order chi connectivity index (χ1) is 32.4. The summed E-state index contributed by atoms with van der Waals surface area (Å²) in [6.45, 7) is 6.59. The number of allylic oxidation sites excluding steroid dienone is 2. The molecule has 8 heteroatoms. The van der Waals surface area contributed by atoms with E-state index in [9.17, 15) is 20.4 Å². The summed E-state index contributed by atoms with van der Waals surface area (Å²) in [6, 6.07) is 44.1. The third-order valence-corrected chi connectivity index (χ3v) is 14.9. The van der Waals surface area contributed by atoms with Crippen LogP contribution >= 0.6 is 11.6 Å². The molecule has 3 aliphatic carbocycles. The summed E-state index contributed by atoms with van der Waals surface area (Å²) >= 11 is 6.86. The van der Waals surface area contributed by atoms with Crippen molar-refractivity contribution < 1.29 is 34.6 Å². The van der Waals surface area contributed by atoms with Crippen molar-refractivity contribution in [3.8, 4) is 34.5 Å². The third kappa shape index (κ3) is 11.0. The molecule has 5 atom stereocenters. The summed E-state index contributed by atoms with van der Waals surface area (Å²) in [7, 11) is 4.95. The van der Waals surface area contributed by atoms with Crippen molar-refractivity contribution in [2.45, 2.75) is 84.2 Å². The molecule has 6 aromatic rings. The van der Waals surface area contributed by atoms with Gasteiger partial charge in [0.2, 0.25) is 0 Å². The highest BCUT2D eigenvalue weighted by Crippen LogP contribution is 2.61. The van der Waals surface area contributed by atoms with Crippen LogP contribution in [0.4, 0.5) is 0 Å². The molecule has 0 bridgehead atoms. The van der Waals surface area contributed by atoms with E-state index in [1.165, 1.54) is 41.5 Å². The molecule has 4 N–H and O–H groups in total. The Balaban J connectivity index is 0.000000152. The molecule has 0 heterocycles. The zero-order valence-electron chi connectivity index (χ0n) is 39.6. The van der Waals surface area contributed by atoms with Gasteiger partial charge in [-0.25, -0.2) is 0 Å². The fourth-order valence-corrected chi connectivity index (χ4v) is 11.2. The molecule has 0 spiro atoms. The number of methoxy groups -OCH3 is 3. The fraction of sp³-hybridized carbons (Fsp3) is 0.322. The van der Waals surface area contributed by atoms with Crippen molar-refractivity contribution in [1.29, 1.82) is 0 Å². The van der Waals surface area contributed by atoms with Gasteiger partial charge in [0, 0.05) is 5.57 Å². The molecular formula is C59H65ClO7. The van der Waals surface area contributed by atoms with E-state index in [0.717, 1.165) is 88.7 Å². The van der Waals surface area contributed by atoms with Gasteiger partial charge in [0.1, 0.15) is 34.5 Å². The Hall–Kier alpha value is -6.15. The van der Waals surface area contributed by atoms with E-state index >= 15 is 0 Å². The van der Waals surface area contributed by atoms with Crippen LogP contribution in [-0.2, 0) is 6.42 Å². The molecule has 0 saturated heterocycles. The maximum absolute atomic E-state index is 10.4. The summed E-state index contributed by atoms with van der Waals surface area (Å²) in [4.78, 5) is 0. The van der Waals surface area contributed by atoms with Crippen LogP contribution in [0.5, 0.6) is 34.5 Å². The number of rotatable bonds is 10. The van der Waals surface area contributed by atoms with E-state index < -0.39 is 0 Å². The summed E-state index contributed by atoms with van der Waals surface area (Å²) in [6.07, 6.45) is 8.63. The Bertz CT molecular complexity index is 2510. The second-order valence-corrected chi connectivity index (χ2v) is 18.4. The van der Waals surface area contributed by atoms with Gasteiger partial charge in [-0.05, 0) is 210 Å². The highest BCUT2D eigenvalue weighted by Gasteiger charge is 2.54. The van der Waals surface area contributed by atoms with Crippen molar-refractivity contribution in [3.63, 3.8) is 0 Å². The topological polar surface area (TPSA) is 109 Å². The lowest BCUT2D eigenvalue weighted by Crippen LogP contribution is -2.43. The summed E-state index contributed by atoms with van der Waals surface area (Å²) in [5, 5.41) is 39.5. The number of fused-ring (bicyclic) bond motifs is 5. The van der Waals surface area contributed by atoms with E-state index in [-0.39, 0.29) is 23.0 Å². The van der Waals surface area contributed by atoms with E-state index in [0.29, 0.717) is 22.6 Å². The third-order valence-electron chi connectivity index (χ3n) is 14.5. The quantitative estimate of drug-likeness (QED) is 0.101. The van der Waals surface area contributed by atoms with Gasteiger partial charge in [0.05, 0.1) is 32.5 Å². The number of aliphatic hydroxyl groups is 1. The minimum absolute atomic E-state index is 0.0883. The number of aromatic hydroxyl groups is 3. The van der Waals surface area contributed by atoms with Crippen LogP contribution in [-0.4, -0.2) is 47.9 Å². The lowest BCUT2D eigenvalue weighted by atomic mass is 9.55. The number of phenolic OH excluding ortho intramolecular Hbond substituents is 3. The number of ether oxygens (including phenoxy) is 3. The first kappa shape index (κ1) is 48.8. The molecule has 0 amide bonds. The number of aliphatic hydroxyl groups excluding tert-OH is 1. The normalized spacial score (nSPS) is 20.5. The minimum atomic E-state index is -0.0883. The van der Waals surface area contributed by atoms with Gasteiger partial charge in [0.15, 0.2) is 0 Å². The lowest BCUT2D eigenvalue weighted by Gasteiger charge is -2.50. The zero-order valence-corrected chi connectivity index (χ0v) is 40.4. The summed E-state index contributed by atoms with van der Waals surface area (Å²) in [5.74, 6) is 5.45. The molecule has 0 aliphatic heterocycles. The molecule has 6 aromatic carbocycles. The predicted molar refractivity (Wildman–Crippen MR) is 273 cm³/mol. The van der Waals surface area contributed by atoms with Crippen molar-refractivity contribution in [3.05, 3.63) is 178 Å². The summed E-state index contributed by atoms with van der Waals surface area (Å²) < 4.78 is 15.8. The zero-order chi connectivity index (χ0) is 47.7. The van der Waals surface area contributed by atoms with Crippen LogP contribution in [0.25, 0.3) is 21.8 Å². The average molecular weight is 922 g/mol. The molecule has 350 valence electrons. The standard InChI is InChI=1S/C23H21ClO3.C18H24O2.C18H20O2/c1-25-19-10-4-16(5-11-19)22(17-6-12-20(26-2)13-7-17)23(24)18-8-14-21(27-3)15-9-18;1-18-9-8-14-13-5-3-12(19)10-11(13)2-4-15(14)16(18)6-7-17(18)20;1-3-17(13-5-9-15(19)10-6-13)18(4-2)14-7-11-16(20)12-8-14/h4-15H,1-3H3;3,5,10,14-17,19-20H,2,4,6-9H2,1H3;5-12,19-20H,3-4H2,1-2H3/b;;18-17+/t;14-,15-,16+,17+,18+;/m.1./s1. The molecular weight excluding hydrogens is 856 g/mol. The number of hydrogen-bond acceptors (Lipinski definition) is 7. The van der Waals surface area contributed by atoms with Crippen molar-refractivity contribution in [1.82, 2.24) is 0 Å². The smallest absolute Gasteiger partial charge is 0.118 e. The Kier molecular flexibility index (Phi) is 16.1. The van der Waals surface area contributed by atoms with Crippen LogP contribution < -0.4 is 14.2 Å². The molecule has 0 aromatic heterocycles. The largest absolute Gasteiger partial charge is 0.508 e. The number of halogens is 1. The SMILES string of the molecule is CC/C(=C(/CC)c1ccc(O)cc1)c1ccc(O)cc1.COc1ccc(C(Cl)=C(c2ccc(OC)cc2)c2ccc(OC)cc2)cc1.C[C@]12CC[C@@H]3c4ccc(O)cc4CC[C@H]3[C@@H]1CC[C@@H]2O. The number of hydrogen-bond donors (Lipinski definition) is 4. The highest BCUT2D eigenvalue weighted by atomic mass is 35.5. The number of aryl methyl sites for hydroxylation is 1. The van der Waals surface area contributed by atoms with E-state index in [4.69, 9.17) is 25.8 Å². The maximum Gasteiger partial charge on any atom is 0.118 e. The fourth-order valence-electron chi connectivity index (χ4n) is 10.9. The lowest BCUT2D eigenvalue weighted by molar-refractivity contribution is -0.0226. The van der Waals surface area contributed by atoms with Gasteiger partial charge in [-0.2, -0.15) is 0 Å². The number of benzene rings is 6. The molecule has 9 rings (SSSR count). The Morgan fingerprint density at radius 3 is 1.43 bits per heavy atom. The van der Waals surface area contributed by atoms with Gasteiger partial charge >= 0.3 is 0 Å². The molecule has 0 unspecified atom stereocenters. The Labute approximate surface area is 402 Å². The van der Waals surface area contributed by atoms with Crippen LogP contribution in [0, 0.1) is 17.3 Å². The second kappa shape index (κ2) is 22.1. The number of phenols is 3. The van der Waals surface area contributed by atoms with Crippen LogP contribution in [0.1, 0.15) is 111 Å². The van der Waals surface area contributed by atoms with Crippen LogP contribution in [0.3, 0.4) is 0 Å². The molecule has 2 fully saturated rings. The van der Waals surface area contributed by atoms with Gasteiger partial charge < -0.3 is 34.6 Å². The van der Waals surface area contributed by atoms with Crippen molar-refractivity contribution >= 4 is 33.4 Å². The van der Waals surface area contributed by atoms with Crippen molar-refractivity contribution in [2.75, 3.05) is 21.3 Å². The first-order valence-corrected chi connectivity index (χ1v) is 23.9. The average Bonchev–Trinajstić information content (AvgIpc) is 3.67. The van der Waals surface area contributed by atoms with E-state index in [1.807, 2.05) is 109 Å². The molecule has 3 aliphatic rings. The van der Waals surface area contributed by atoms with E-state index in [1.54, 1.807) is 45.6 Å². The molecule has 2 saturated carbocycles. The highest BCUT2D eigenvalue weighted by molar-refractivity contribution is 6.53. The second-order valence-electron chi connectivity index (χ2n) is 18.1. The predicted octanol–water partition coefficient (Wildman–Crippen LogP) is 14.3. The molecule has 67 heavy (non-hydrogen) atoms. The minimum Gasteiger partial charge on any atom is -0.508 e. The van der Waals surface area contributed by atoms with Crippen LogP contribution in [0.2, 0.25) is 0 Å². The van der Waals surface area contributed by atoms with Crippen molar-refractivity contribution in [2.24, 2.45) is 17.3 Å². The van der Waals surface area contributed by atoms with Crippen LogP contribution in [0.15, 0.2) is 140 Å². The van der Waals surface area contributed by atoms with Gasteiger partial charge in [0.25, 0.3) is 0 Å². The molecule has 0 radical (unpaired) electrons. The Morgan fingerprint density at radius 2 is 0.985 bits per heavy atom. The first-order valence-electron chi connectivity index (χ1n) is 23.5. The van der Waals surface area contributed by atoms with E-state index in [2.05, 4.69) is 26.8 Å². The van der Waals surface area contributed by atoms with Gasteiger partial charge in [-0.15, -0.1) is 0 Å². The van der Waals surface area contributed by atoms with Gasteiger partial charge in [-0.1, -0.05) is 87.0 Å². The van der Waals surface area contributed by atoms with Gasteiger partial charge in [-0.3, -0.25) is 0 Å². The molecule has 7 nitrogen and oxygen atoms in total. The monoisotopic (exact) mass is 920 g/mol. The Morgan fingerprint density at radius 1 is 0.552 bits per heavy atom.